The van der Waals surface area contributed by atoms with Crippen LogP contribution in [0.25, 0.3) is 11.4 Å². The topological polar surface area (TPSA) is 112 Å². The Bertz CT molecular complexity index is 1020. The molecule has 1 saturated heterocycles. The lowest BCUT2D eigenvalue weighted by Crippen LogP contribution is -2.46. The summed E-state index contributed by atoms with van der Waals surface area (Å²) in [6.45, 7) is 0.855. The average Bonchev–Trinajstić information content (AvgIpc) is 3.09. The monoisotopic (exact) mass is 467 g/mol. The first-order chi connectivity index (χ1) is 15.4. The zero-order valence-corrected chi connectivity index (χ0v) is 18.1. The first-order valence-corrected chi connectivity index (χ1v) is 11.0. The van der Waals surface area contributed by atoms with Gasteiger partial charge in [-0.15, -0.1) is 0 Å². The van der Waals surface area contributed by atoms with Gasteiger partial charge in [-0.25, -0.2) is 13.8 Å². The largest absolute Gasteiger partial charge is 0.491 e. The number of methoxy groups -OCH3 is 1. The summed E-state index contributed by atoms with van der Waals surface area (Å²) in [7, 11) is 1.47. The lowest BCUT2D eigenvalue weighted by molar-refractivity contribution is -0.119. The highest BCUT2D eigenvalue weighted by Gasteiger charge is 2.38. The SMILES string of the molecule is COC[C@H](Nc1ccc2c(c1)OCCn1cc(N3C(=O)SCCC3C(F)F)nc1-2)C(N)=O. The molecule has 1 aromatic heterocycles. The average molecular weight is 467 g/mol. The molecule has 9 nitrogen and oxygen atoms in total. The summed E-state index contributed by atoms with van der Waals surface area (Å²) in [5.74, 6) is 1.03. The zero-order valence-electron chi connectivity index (χ0n) is 17.3. The lowest BCUT2D eigenvalue weighted by atomic mass is 10.1. The Balaban J connectivity index is 1.66. The molecular formula is C20H23F2N5O4S. The van der Waals surface area contributed by atoms with E-state index in [2.05, 4.69) is 10.3 Å². The molecule has 0 bridgehead atoms. The fraction of sp³-hybridized carbons (Fsp3) is 0.450. The van der Waals surface area contributed by atoms with Gasteiger partial charge in [0.25, 0.3) is 11.7 Å². The number of hydrogen-bond acceptors (Lipinski definition) is 7. The van der Waals surface area contributed by atoms with E-state index in [1.54, 1.807) is 29.0 Å². The second-order valence-corrected chi connectivity index (χ2v) is 8.45. The second kappa shape index (κ2) is 9.33. The Hall–Kier alpha value is -2.86. The van der Waals surface area contributed by atoms with E-state index in [-0.39, 0.29) is 18.8 Å². The van der Waals surface area contributed by atoms with Gasteiger partial charge in [0, 0.05) is 30.8 Å². The van der Waals surface area contributed by atoms with Gasteiger partial charge in [0.1, 0.15) is 30.3 Å². The fourth-order valence-electron chi connectivity index (χ4n) is 3.74. The number of carbonyl (C=O) groups excluding carboxylic acids is 2. The van der Waals surface area contributed by atoms with E-state index in [1.807, 2.05) is 0 Å². The van der Waals surface area contributed by atoms with E-state index in [0.29, 0.717) is 41.7 Å². The summed E-state index contributed by atoms with van der Waals surface area (Å²) < 4.78 is 39.8. The van der Waals surface area contributed by atoms with E-state index in [4.69, 9.17) is 15.2 Å². The Kier molecular flexibility index (Phi) is 6.51. The predicted octanol–water partition coefficient (Wildman–Crippen LogP) is 2.55. The summed E-state index contributed by atoms with van der Waals surface area (Å²) in [6.07, 6.45) is -0.843. The van der Waals surface area contributed by atoms with Gasteiger partial charge in [-0.1, -0.05) is 11.8 Å². The van der Waals surface area contributed by atoms with Crippen LogP contribution >= 0.6 is 11.8 Å². The molecule has 172 valence electrons. The molecule has 12 heteroatoms. The van der Waals surface area contributed by atoms with E-state index in [0.717, 1.165) is 16.7 Å². The number of benzene rings is 1. The summed E-state index contributed by atoms with van der Waals surface area (Å²) in [5, 5.41) is 2.58. The van der Waals surface area contributed by atoms with Crippen molar-refractivity contribution in [1.82, 2.24) is 9.55 Å². The number of hydrogen-bond donors (Lipinski definition) is 2. The van der Waals surface area contributed by atoms with Crippen LogP contribution in [0.4, 0.5) is 25.1 Å². The predicted molar refractivity (Wildman–Crippen MR) is 116 cm³/mol. The number of thioether (sulfide) groups is 1. The van der Waals surface area contributed by atoms with Gasteiger partial charge in [0.15, 0.2) is 5.82 Å². The molecule has 2 aromatic rings. The van der Waals surface area contributed by atoms with Crippen LogP contribution in [0.5, 0.6) is 5.75 Å². The molecule has 2 aliphatic heterocycles. The van der Waals surface area contributed by atoms with Crippen LogP contribution in [0, 0.1) is 0 Å². The summed E-state index contributed by atoms with van der Waals surface area (Å²) in [6, 6.07) is 3.30. The van der Waals surface area contributed by atoms with Gasteiger partial charge in [-0.2, -0.15) is 0 Å². The zero-order chi connectivity index (χ0) is 22.8. The molecule has 2 aliphatic rings. The third kappa shape index (κ3) is 4.37. The van der Waals surface area contributed by atoms with Gasteiger partial charge in [0.05, 0.1) is 18.7 Å². The maximum Gasteiger partial charge on any atom is 0.287 e. The van der Waals surface area contributed by atoms with Crippen molar-refractivity contribution in [3.8, 4) is 17.1 Å². The van der Waals surface area contributed by atoms with Crippen molar-refractivity contribution in [3.05, 3.63) is 24.4 Å². The number of fused-ring (bicyclic) bond motifs is 3. The number of ether oxygens (including phenoxy) is 2. The Morgan fingerprint density at radius 3 is 3.00 bits per heavy atom. The number of halogens is 2. The van der Waals surface area contributed by atoms with Crippen molar-refractivity contribution in [2.24, 2.45) is 5.73 Å². The maximum atomic E-state index is 13.6. The molecule has 1 fully saturated rings. The molecule has 3 N–H and O–H groups in total. The molecule has 1 aromatic carbocycles. The first-order valence-electron chi connectivity index (χ1n) is 10.0. The van der Waals surface area contributed by atoms with E-state index >= 15 is 0 Å². The van der Waals surface area contributed by atoms with Gasteiger partial charge < -0.3 is 25.1 Å². The van der Waals surface area contributed by atoms with Gasteiger partial charge in [0.2, 0.25) is 5.91 Å². The molecule has 0 radical (unpaired) electrons. The van der Waals surface area contributed by atoms with E-state index in [1.165, 1.54) is 7.11 Å². The standard InChI is InChI=1S/C20H23F2N5O4S/c1-30-10-13(18(23)28)24-11-2-3-12-15(8-11)31-6-5-26-9-16(25-19(12)26)27-14(17(21)22)4-7-32-20(27)29/h2-3,8-9,13-14,17,24H,4-7,10H2,1H3,(H2,23,28)/t13-,14?/m0/s1. The van der Waals surface area contributed by atoms with Gasteiger partial charge in [-0.05, 0) is 18.6 Å². The van der Waals surface area contributed by atoms with Crippen molar-refractivity contribution >= 4 is 34.4 Å². The van der Waals surface area contributed by atoms with E-state index in [9.17, 15) is 18.4 Å². The fourth-order valence-corrected chi connectivity index (χ4v) is 4.64. The number of aromatic nitrogens is 2. The molecule has 4 rings (SSSR count). The number of amides is 2. The number of imidazole rings is 1. The van der Waals surface area contributed by atoms with Crippen LogP contribution in [0.1, 0.15) is 6.42 Å². The number of alkyl halides is 2. The van der Waals surface area contributed by atoms with Crippen molar-refractivity contribution in [3.63, 3.8) is 0 Å². The van der Waals surface area contributed by atoms with Gasteiger partial charge >= 0.3 is 0 Å². The third-order valence-electron chi connectivity index (χ3n) is 5.30. The number of primary amides is 1. The van der Waals surface area contributed by atoms with Crippen LogP contribution in [0.2, 0.25) is 0 Å². The maximum absolute atomic E-state index is 13.6. The first kappa shape index (κ1) is 22.3. The molecular weight excluding hydrogens is 444 g/mol. The highest BCUT2D eigenvalue weighted by molar-refractivity contribution is 8.14. The minimum atomic E-state index is -2.66. The Morgan fingerprint density at radius 2 is 2.28 bits per heavy atom. The highest BCUT2D eigenvalue weighted by Crippen LogP contribution is 2.38. The smallest absolute Gasteiger partial charge is 0.287 e. The summed E-state index contributed by atoms with van der Waals surface area (Å²) in [5.41, 5.74) is 6.65. The minimum absolute atomic E-state index is 0.105. The molecule has 2 amide bonds. The molecule has 0 saturated carbocycles. The van der Waals surface area contributed by atoms with Crippen LogP contribution in [-0.2, 0) is 16.1 Å². The van der Waals surface area contributed by atoms with Crippen LogP contribution in [-0.4, -0.2) is 65.3 Å². The van der Waals surface area contributed by atoms with Crippen LogP contribution < -0.4 is 20.7 Å². The number of nitrogens with one attached hydrogen (secondary N) is 1. The summed E-state index contributed by atoms with van der Waals surface area (Å²) in [4.78, 5) is 29.7. The third-order valence-corrected chi connectivity index (χ3v) is 6.18. The molecule has 0 aliphatic carbocycles. The normalized spacial score (nSPS) is 19.1. The number of carbonyl (C=O) groups is 2. The van der Waals surface area contributed by atoms with Crippen LogP contribution in [0.15, 0.2) is 24.4 Å². The van der Waals surface area contributed by atoms with Crippen molar-refractivity contribution in [2.75, 3.05) is 36.3 Å². The van der Waals surface area contributed by atoms with E-state index < -0.39 is 29.7 Å². The van der Waals surface area contributed by atoms with Gasteiger partial charge in [-0.3, -0.25) is 14.5 Å². The van der Waals surface area contributed by atoms with Crippen molar-refractivity contribution < 1.29 is 27.8 Å². The number of nitrogens with two attached hydrogens (primary N) is 1. The minimum Gasteiger partial charge on any atom is -0.491 e. The Labute approximate surface area is 187 Å². The molecule has 2 atom stereocenters. The summed E-state index contributed by atoms with van der Waals surface area (Å²) >= 11 is 1.02. The molecule has 0 spiro atoms. The van der Waals surface area contributed by atoms with Crippen molar-refractivity contribution in [1.29, 1.82) is 0 Å². The quantitative estimate of drug-likeness (QED) is 0.644. The lowest BCUT2D eigenvalue weighted by Gasteiger charge is -2.32. The molecule has 32 heavy (non-hydrogen) atoms. The number of nitrogens with zero attached hydrogens (tertiary/aromatic N) is 3. The Morgan fingerprint density at radius 1 is 1.47 bits per heavy atom. The van der Waals surface area contributed by atoms with Crippen molar-refractivity contribution in [2.45, 2.75) is 31.5 Å². The molecule has 1 unspecified atom stereocenters. The number of rotatable bonds is 7. The highest BCUT2D eigenvalue weighted by atomic mass is 32.2. The molecule has 3 heterocycles. The second-order valence-electron chi connectivity index (χ2n) is 7.40. The van der Waals surface area contributed by atoms with Crippen LogP contribution in [0.3, 0.4) is 0 Å². The number of anilines is 2.